The summed E-state index contributed by atoms with van der Waals surface area (Å²) in [5.41, 5.74) is 5.27. The predicted octanol–water partition coefficient (Wildman–Crippen LogP) is 1.43. The van der Waals surface area contributed by atoms with Crippen molar-refractivity contribution in [2.24, 2.45) is 5.73 Å². The van der Waals surface area contributed by atoms with Gasteiger partial charge < -0.3 is 5.73 Å². The Balaban J connectivity index is 0.00000324. The third-order valence-corrected chi connectivity index (χ3v) is 3.61. The summed E-state index contributed by atoms with van der Waals surface area (Å²) in [6.07, 6.45) is 0. The van der Waals surface area contributed by atoms with E-state index < -0.39 is 39.7 Å². The van der Waals surface area contributed by atoms with E-state index in [0.29, 0.717) is 5.56 Å². The Morgan fingerprint density at radius 1 is 1.37 bits per heavy atom. The number of sulfonamides is 1. The third-order valence-electron chi connectivity index (χ3n) is 2.20. The number of hydrogen-bond acceptors (Lipinski definition) is 3. The number of nitrogens with one attached hydrogen (secondary N) is 1. The van der Waals surface area contributed by atoms with Gasteiger partial charge in [-0.15, -0.1) is 12.4 Å². The Hall–Kier alpha value is -0.830. The second-order valence-electron chi connectivity index (χ2n) is 3.82. The molecular weight excluding hydrogens is 305 g/mol. The fourth-order valence-corrected chi connectivity index (χ4v) is 2.39. The highest BCUT2D eigenvalue weighted by Crippen LogP contribution is 2.17. The summed E-state index contributed by atoms with van der Waals surface area (Å²) >= 11 is 0. The number of benzene rings is 1. The summed E-state index contributed by atoms with van der Waals surface area (Å²) in [4.78, 5) is -0.657. The van der Waals surface area contributed by atoms with Gasteiger partial charge in [0.05, 0.1) is 13.1 Å². The van der Waals surface area contributed by atoms with Crippen LogP contribution in [0.2, 0.25) is 0 Å². The van der Waals surface area contributed by atoms with Crippen molar-refractivity contribution in [3.05, 3.63) is 29.6 Å². The molecule has 0 amide bonds. The van der Waals surface area contributed by atoms with Crippen molar-refractivity contribution in [2.75, 3.05) is 13.1 Å². The second kappa shape index (κ2) is 6.56. The highest BCUT2D eigenvalue weighted by atomic mass is 35.5. The van der Waals surface area contributed by atoms with Gasteiger partial charge in [0.15, 0.2) is 0 Å². The molecular formula is C10H14ClF3N2O2S. The molecule has 4 nitrogen and oxygen atoms in total. The Bertz CT molecular complexity index is 538. The van der Waals surface area contributed by atoms with Crippen LogP contribution in [0.15, 0.2) is 23.1 Å². The average molecular weight is 319 g/mol. The first-order chi connectivity index (χ1) is 8.18. The minimum atomic E-state index is -4.32. The molecule has 0 aliphatic rings. The highest BCUT2D eigenvalue weighted by molar-refractivity contribution is 7.89. The minimum absolute atomic E-state index is 0. The first kappa shape index (κ1) is 18.2. The highest BCUT2D eigenvalue weighted by Gasteiger charge is 2.30. The van der Waals surface area contributed by atoms with Crippen LogP contribution >= 0.6 is 12.4 Å². The quantitative estimate of drug-likeness (QED) is 0.862. The molecule has 1 aromatic rings. The van der Waals surface area contributed by atoms with E-state index in [4.69, 9.17) is 5.73 Å². The molecule has 0 saturated carbocycles. The van der Waals surface area contributed by atoms with Crippen LogP contribution in [-0.2, 0) is 10.0 Å². The maximum atomic E-state index is 13.3. The lowest BCUT2D eigenvalue weighted by atomic mass is 10.2. The number of aryl methyl sites for hydroxylation is 1. The van der Waals surface area contributed by atoms with Crippen molar-refractivity contribution in [1.29, 1.82) is 0 Å². The Kier molecular flexibility index (Phi) is 6.27. The first-order valence-electron chi connectivity index (χ1n) is 5.02. The van der Waals surface area contributed by atoms with E-state index in [1.54, 1.807) is 11.6 Å². The van der Waals surface area contributed by atoms with Crippen molar-refractivity contribution < 1.29 is 21.6 Å². The molecule has 0 radical (unpaired) electrons. The summed E-state index contributed by atoms with van der Waals surface area (Å²) < 4.78 is 63.9. The number of hydrogen-bond donors (Lipinski definition) is 2. The molecule has 110 valence electrons. The molecule has 0 bridgehead atoms. The van der Waals surface area contributed by atoms with Gasteiger partial charge in [-0.05, 0) is 24.6 Å². The maximum absolute atomic E-state index is 13.3. The van der Waals surface area contributed by atoms with E-state index in [0.717, 1.165) is 12.1 Å². The standard InChI is InChI=1S/C10H13F3N2O2S.ClH/c1-7-2-3-8(11)9(4-7)18(16,17)15-6-10(12,13)5-14;/h2-4,15H,5-6,14H2,1H3;1H. The van der Waals surface area contributed by atoms with Crippen molar-refractivity contribution in [3.8, 4) is 0 Å². The van der Waals surface area contributed by atoms with Gasteiger partial charge in [-0.2, -0.15) is 0 Å². The van der Waals surface area contributed by atoms with E-state index >= 15 is 0 Å². The molecule has 9 heteroatoms. The average Bonchev–Trinajstić information content (AvgIpc) is 2.30. The van der Waals surface area contributed by atoms with Gasteiger partial charge in [0.25, 0.3) is 5.92 Å². The van der Waals surface area contributed by atoms with Crippen molar-refractivity contribution in [3.63, 3.8) is 0 Å². The van der Waals surface area contributed by atoms with Gasteiger partial charge in [0.2, 0.25) is 10.0 Å². The number of alkyl halides is 2. The van der Waals surface area contributed by atoms with Crippen LogP contribution in [0.4, 0.5) is 13.2 Å². The van der Waals surface area contributed by atoms with Crippen LogP contribution in [0, 0.1) is 12.7 Å². The van der Waals surface area contributed by atoms with Crippen LogP contribution in [0.25, 0.3) is 0 Å². The van der Waals surface area contributed by atoms with E-state index in [9.17, 15) is 21.6 Å². The lowest BCUT2D eigenvalue weighted by molar-refractivity contribution is 0.0170. The van der Waals surface area contributed by atoms with Crippen molar-refractivity contribution in [1.82, 2.24) is 4.72 Å². The minimum Gasteiger partial charge on any atom is -0.325 e. The predicted molar refractivity (Wildman–Crippen MR) is 67.6 cm³/mol. The summed E-state index contributed by atoms with van der Waals surface area (Å²) in [6, 6.07) is 3.41. The molecule has 1 rings (SSSR count). The summed E-state index contributed by atoms with van der Waals surface area (Å²) in [5, 5.41) is 0. The van der Waals surface area contributed by atoms with Gasteiger partial charge in [-0.3, -0.25) is 0 Å². The van der Waals surface area contributed by atoms with E-state index in [2.05, 4.69) is 0 Å². The maximum Gasteiger partial charge on any atom is 0.273 e. The molecule has 0 fully saturated rings. The molecule has 0 aliphatic carbocycles. The SMILES string of the molecule is Cc1ccc(F)c(S(=O)(=O)NCC(F)(F)CN)c1.Cl. The van der Waals surface area contributed by atoms with Gasteiger partial charge in [-0.1, -0.05) is 6.07 Å². The van der Waals surface area contributed by atoms with Crippen molar-refractivity contribution >= 4 is 22.4 Å². The molecule has 0 unspecified atom stereocenters. The van der Waals surface area contributed by atoms with Gasteiger partial charge >= 0.3 is 0 Å². The van der Waals surface area contributed by atoms with Crippen LogP contribution in [0.3, 0.4) is 0 Å². The molecule has 0 heterocycles. The topological polar surface area (TPSA) is 72.2 Å². The van der Waals surface area contributed by atoms with Gasteiger partial charge in [0.1, 0.15) is 10.7 Å². The summed E-state index contributed by atoms with van der Waals surface area (Å²) in [5.74, 6) is -4.36. The number of rotatable bonds is 5. The van der Waals surface area contributed by atoms with Crippen LogP contribution in [-0.4, -0.2) is 27.4 Å². The lowest BCUT2D eigenvalue weighted by Crippen LogP contribution is -2.41. The fraction of sp³-hybridized carbons (Fsp3) is 0.400. The zero-order valence-corrected chi connectivity index (χ0v) is 11.6. The molecule has 3 N–H and O–H groups in total. The Labute approximate surface area is 115 Å². The molecule has 0 aromatic heterocycles. The van der Waals surface area contributed by atoms with E-state index in [1.807, 2.05) is 0 Å². The summed E-state index contributed by atoms with van der Waals surface area (Å²) in [7, 11) is -4.32. The van der Waals surface area contributed by atoms with E-state index in [1.165, 1.54) is 6.07 Å². The van der Waals surface area contributed by atoms with Gasteiger partial charge in [-0.25, -0.2) is 26.3 Å². The summed E-state index contributed by atoms with van der Waals surface area (Å²) in [6.45, 7) is -0.599. The molecule has 19 heavy (non-hydrogen) atoms. The third kappa shape index (κ3) is 4.98. The first-order valence-corrected chi connectivity index (χ1v) is 6.50. The van der Waals surface area contributed by atoms with Crippen molar-refractivity contribution in [2.45, 2.75) is 17.7 Å². The zero-order valence-electron chi connectivity index (χ0n) is 9.99. The number of halogens is 4. The largest absolute Gasteiger partial charge is 0.325 e. The Morgan fingerprint density at radius 2 is 1.95 bits per heavy atom. The number of nitrogens with two attached hydrogens (primary N) is 1. The monoisotopic (exact) mass is 318 g/mol. The molecule has 0 saturated heterocycles. The normalized spacial score (nSPS) is 12.1. The van der Waals surface area contributed by atoms with Crippen LogP contribution in [0.1, 0.15) is 5.56 Å². The molecule has 1 aromatic carbocycles. The molecule has 0 aliphatic heterocycles. The lowest BCUT2D eigenvalue weighted by Gasteiger charge is -2.15. The van der Waals surface area contributed by atoms with Crippen LogP contribution in [0.5, 0.6) is 0 Å². The van der Waals surface area contributed by atoms with E-state index in [-0.39, 0.29) is 12.4 Å². The molecule has 0 spiro atoms. The Morgan fingerprint density at radius 3 is 2.47 bits per heavy atom. The van der Waals surface area contributed by atoms with Crippen LogP contribution < -0.4 is 10.5 Å². The zero-order chi connectivity index (χ0) is 14.0. The fourth-order valence-electron chi connectivity index (χ4n) is 1.17. The smallest absolute Gasteiger partial charge is 0.273 e. The van der Waals surface area contributed by atoms with Gasteiger partial charge in [0, 0.05) is 0 Å². The second-order valence-corrected chi connectivity index (χ2v) is 5.55. The molecule has 0 atom stereocenters.